The molecule has 2 heterocycles. The highest BCUT2D eigenvalue weighted by molar-refractivity contribution is 6.08. The minimum atomic E-state index is -0.200. The van der Waals surface area contributed by atoms with E-state index in [1.54, 1.807) is 10.7 Å². The third-order valence-corrected chi connectivity index (χ3v) is 5.23. The summed E-state index contributed by atoms with van der Waals surface area (Å²) in [6, 6.07) is 9.80. The topological polar surface area (TPSA) is 71.3 Å². The highest BCUT2D eigenvalue weighted by atomic mass is 16.1. The number of hydrogen-bond acceptors (Lipinski definition) is 4. The molecule has 1 aliphatic carbocycles. The van der Waals surface area contributed by atoms with Crippen molar-refractivity contribution in [3.05, 3.63) is 53.5 Å². The third kappa shape index (κ3) is 3.79. The number of fused-ring (bicyclic) bond motifs is 1. The van der Waals surface area contributed by atoms with Crippen LogP contribution in [0, 0.1) is 19.8 Å². The maximum absolute atomic E-state index is 12.7. The van der Waals surface area contributed by atoms with Crippen LogP contribution < -0.4 is 10.6 Å². The zero-order chi connectivity index (χ0) is 18.8. The summed E-state index contributed by atoms with van der Waals surface area (Å²) in [6.45, 7) is 4.89. The van der Waals surface area contributed by atoms with Gasteiger partial charge in [-0.2, -0.15) is 5.10 Å². The molecule has 0 saturated heterocycles. The molecule has 2 N–H and O–H groups in total. The molecular formula is C21H25N5O. The first kappa shape index (κ1) is 17.5. The Morgan fingerprint density at radius 2 is 1.85 bits per heavy atom. The van der Waals surface area contributed by atoms with E-state index < -0.39 is 0 Å². The summed E-state index contributed by atoms with van der Waals surface area (Å²) in [5.41, 5.74) is 4.73. The van der Waals surface area contributed by atoms with E-state index in [1.807, 2.05) is 44.2 Å². The van der Waals surface area contributed by atoms with Crippen LogP contribution in [0.3, 0.4) is 0 Å². The fourth-order valence-corrected chi connectivity index (χ4v) is 3.78. The Morgan fingerprint density at radius 3 is 2.59 bits per heavy atom. The maximum Gasteiger partial charge on any atom is 0.261 e. The zero-order valence-electron chi connectivity index (χ0n) is 15.8. The van der Waals surface area contributed by atoms with Crippen molar-refractivity contribution in [3.8, 4) is 0 Å². The number of hydrogen-bond donors (Lipinski definition) is 2. The fraction of sp³-hybridized carbons (Fsp3) is 0.381. The van der Waals surface area contributed by atoms with Crippen LogP contribution in [0.4, 0.5) is 11.4 Å². The minimum Gasteiger partial charge on any atom is -0.385 e. The summed E-state index contributed by atoms with van der Waals surface area (Å²) in [7, 11) is 0. The lowest BCUT2D eigenvalue weighted by Gasteiger charge is -2.12. The second-order valence-electron chi connectivity index (χ2n) is 7.40. The van der Waals surface area contributed by atoms with E-state index in [2.05, 4.69) is 20.7 Å². The first-order valence-electron chi connectivity index (χ1n) is 9.57. The molecule has 0 bridgehead atoms. The van der Waals surface area contributed by atoms with Crippen LogP contribution in [0.25, 0.3) is 5.65 Å². The number of benzene rings is 1. The molecule has 1 aliphatic rings. The van der Waals surface area contributed by atoms with Gasteiger partial charge in [0, 0.05) is 29.3 Å². The van der Waals surface area contributed by atoms with Crippen LogP contribution in [0.15, 0.2) is 36.5 Å². The summed E-state index contributed by atoms with van der Waals surface area (Å²) in [5, 5.41) is 10.7. The lowest BCUT2D eigenvalue weighted by molar-refractivity contribution is 0.102. The molecule has 1 saturated carbocycles. The van der Waals surface area contributed by atoms with Crippen molar-refractivity contribution in [3.63, 3.8) is 0 Å². The minimum absolute atomic E-state index is 0.200. The third-order valence-electron chi connectivity index (χ3n) is 5.23. The Bertz CT molecular complexity index is 955. The molecule has 6 nitrogen and oxygen atoms in total. The number of amides is 1. The predicted octanol–water partition coefficient (Wildman–Crippen LogP) is 4.20. The van der Waals surface area contributed by atoms with Crippen molar-refractivity contribution in [2.75, 3.05) is 17.2 Å². The molecular weight excluding hydrogens is 338 g/mol. The summed E-state index contributed by atoms with van der Waals surface area (Å²) in [5.74, 6) is 0.591. The Labute approximate surface area is 159 Å². The molecule has 3 aromatic rings. The molecule has 1 fully saturated rings. The SMILES string of the molecule is Cc1cc(C)n2ncc(C(=O)Nc3ccc(NCC4CCCC4)cc3)c2n1. The first-order chi connectivity index (χ1) is 13.1. The summed E-state index contributed by atoms with van der Waals surface area (Å²) < 4.78 is 1.69. The lowest BCUT2D eigenvalue weighted by Crippen LogP contribution is -2.13. The second-order valence-corrected chi connectivity index (χ2v) is 7.40. The van der Waals surface area contributed by atoms with Gasteiger partial charge in [0.25, 0.3) is 5.91 Å². The van der Waals surface area contributed by atoms with Gasteiger partial charge in [0.2, 0.25) is 0 Å². The van der Waals surface area contributed by atoms with E-state index in [0.717, 1.165) is 35.2 Å². The number of nitrogens with one attached hydrogen (secondary N) is 2. The van der Waals surface area contributed by atoms with Crippen molar-refractivity contribution in [1.82, 2.24) is 14.6 Å². The van der Waals surface area contributed by atoms with Crippen LogP contribution in [-0.4, -0.2) is 27.0 Å². The van der Waals surface area contributed by atoms with Crippen LogP contribution >= 0.6 is 0 Å². The number of rotatable bonds is 5. The van der Waals surface area contributed by atoms with Gasteiger partial charge in [-0.1, -0.05) is 12.8 Å². The molecule has 0 aliphatic heterocycles. The number of carbonyl (C=O) groups is 1. The molecule has 1 aromatic carbocycles. The summed E-state index contributed by atoms with van der Waals surface area (Å²) >= 11 is 0. The molecule has 1 amide bonds. The highest BCUT2D eigenvalue weighted by Crippen LogP contribution is 2.25. The molecule has 2 aromatic heterocycles. The van der Waals surface area contributed by atoms with Gasteiger partial charge in [-0.05, 0) is 62.9 Å². The van der Waals surface area contributed by atoms with Gasteiger partial charge >= 0.3 is 0 Å². The molecule has 140 valence electrons. The Balaban J connectivity index is 1.43. The van der Waals surface area contributed by atoms with Crippen molar-refractivity contribution in [1.29, 1.82) is 0 Å². The Kier molecular flexibility index (Phi) is 4.79. The summed E-state index contributed by atoms with van der Waals surface area (Å²) in [6.07, 6.45) is 6.94. The van der Waals surface area contributed by atoms with E-state index in [-0.39, 0.29) is 5.91 Å². The number of nitrogens with zero attached hydrogens (tertiary/aromatic N) is 3. The van der Waals surface area contributed by atoms with E-state index in [9.17, 15) is 4.79 Å². The number of anilines is 2. The predicted molar refractivity (Wildman–Crippen MR) is 107 cm³/mol. The van der Waals surface area contributed by atoms with Gasteiger partial charge in [-0.3, -0.25) is 4.79 Å². The highest BCUT2D eigenvalue weighted by Gasteiger charge is 2.16. The van der Waals surface area contributed by atoms with Crippen LogP contribution in [0.2, 0.25) is 0 Å². The first-order valence-corrected chi connectivity index (χ1v) is 9.57. The van der Waals surface area contributed by atoms with Crippen molar-refractivity contribution in [2.45, 2.75) is 39.5 Å². The van der Waals surface area contributed by atoms with Crippen LogP contribution in [0.5, 0.6) is 0 Å². The Hall–Kier alpha value is -2.89. The van der Waals surface area contributed by atoms with Gasteiger partial charge in [-0.15, -0.1) is 0 Å². The molecule has 0 spiro atoms. The molecule has 27 heavy (non-hydrogen) atoms. The normalized spacial score (nSPS) is 14.6. The number of aromatic nitrogens is 3. The van der Waals surface area contributed by atoms with E-state index in [1.165, 1.54) is 25.7 Å². The molecule has 6 heteroatoms. The smallest absolute Gasteiger partial charge is 0.261 e. The monoisotopic (exact) mass is 363 g/mol. The fourth-order valence-electron chi connectivity index (χ4n) is 3.78. The average Bonchev–Trinajstić information content (AvgIpc) is 3.30. The molecule has 0 unspecified atom stereocenters. The maximum atomic E-state index is 12.7. The van der Waals surface area contributed by atoms with Crippen LogP contribution in [0.1, 0.15) is 47.4 Å². The Morgan fingerprint density at radius 1 is 1.15 bits per heavy atom. The molecule has 0 atom stereocenters. The average molecular weight is 363 g/mol. The van der Waals surface area contributed by atoms with E-state index in [0.29, 0.717) is 11.2 Å². The molecule has 4 rings (SSSR count). The molecule has 0 radical (unpaired) electrons. The quantitative estimate of drug-likeness (QED) is 0.713. The van der Waals surface area contributed by atoms with Gasteiger partial charge in [0.15, 0.2) is 5.65 Å². The number of carbonyl (C=O) groups excluding carboxylic acids is 1. The van der Waals surface area contributed by atoms with Crippen molar-refractivity contribution < 1.29 is 4.79 Å². The standard InChI is InChI=1S/C21H25N5O/c1-14-11-15(2)26-20(24-14)19(13-23-26)21(27)25-18-9-7-17(8-10-18)22-12-16-5-3-4-6-16/h7-11,13,16,22H,3-6,12H2,1-2H3,(H,25,27). The van der Waals surface area contributed by atoms with Gasteiger partial charge in [-0.25, -0.2) is 9.50 Å². The lowest BCUT2D eigenvalue weighted by atomic mass is 10.1. The van der Waals surface area contributed by atoms with Gasteiger partial charge in [0.1, 0.15) is 5.56 Å². The van der Waals surface area contributed by atoms with Crippen LogP contribution in [-0.2, 0) is 0 Å². The van der Waals surface area contributed by atoms with E-state index >= 15 is 0 Å². The van der Waals surface area contributed by atoms with Gasteiger partial charge < -0.3 is 10.6 Å². The zero-order valence-corrected chi connectivity index (χ0v) is 15.8. The van der Waals surface area contributed by atoms with Gasteiger partial charge in [0.05, 0.1) is 6.20 Å². The van der Waals surface area contributed by atoms with Crippen molar-refractivity contribution in [2.24, 2.45) is 5.92 Å². The van der Waals surface area contributed by atoms with Crippen molar-refractivity contribution >= 4 is 22.9 Å². The second kappa shape index (κ2) is 7.39. The van der Waals surface area contributed by atoms with E-state index in [4.69, 9.17) is 0 Å². The summed E-state index contributed by atoms with van der Waals surface area (Å²) in [4.78, 5) is 17.1. The number of aryl methyl sites for hydroxylation is 2. The largest absolute Gasteiger partial charge is 0.385 e.